The summed E-state index contributed by atoms with van der Waals surface area (Å²) in [5, 5.41) is 13.0. The van der Waals surface area contributed by atoms with Crippen LogP contribution in [0.2, 0.25) is 0 Å². The van der Waals surface area contributed by atoms with Crippen LogP contribution < -0.4 is 5.32 Å². The Labute approximate surface area is 154 Å². The third-order valence-electron chi connectivity index (χ3n) is 5.95. The highest BCUT2D eigenvalue weighted by Crippen LogP contribution is 2.50. The average molecular weight is 345 g/mol. The Kier molecular flexibility index (Phi) is 4.48. The Balaban J connectivity index is 1.72. The van der Waals surface area contributed by atoms with E-state index in [1.54, 1.807) is 0 Å². The highest BCUT2D eigenvalue weighted by Gasteiger charge is 2.54. The van der Waals surface area contributed by atoms with E-state index in [9.17, 15) is 10.1 Å². The molecule has 1 unspecified atom stereocenters. The van der Waals surface area contributed by atoms with Gasteiger partial charge < -0.3 is 10.2 Å². The molecule has 1 spiro atoms. The number of nitrogens with one attached hydrogen (secondary N) is 1. The number of carbonyl (C=O) groups excluding carboxylic acids is 1. The minimum Gasteiger partial charge on any atom is -0.337 e. The molecule has 4 rings (SSSR count). The summed E-state index contributed by atoms with van der Waals surface area (Å²) in [6, 6.07) is 20.3. The van der Waals surface area contributed by atoms with Gasteiger partial charge >= 0.3 is 0 Å². The molecular formula is C22H23N3O. The molecule has 26 heavy (non-hydrogen) atoms. The van der Waals surface area contributed by atoms with E-state index >= 15 is 0 Å². The first-order chi connectivity index (χ1) is 12.7. The number of carbonyl (C=O) groups is 1. The molecule has 0 radical (unpaired) electrons. The molecule has 2 aromatic rings. The summed E-state index contributed by atoms with van der Waals surface area (Å²) < 4.78 is 0. The monoisotopic (exact) mass is 345 g/mol. The first-order valence-electron chi connectivity index (χ1n) is 9.28. The predicted molar refractivity (Wildman–Crippen MR) is 100 cm³/mol. The number of piperidine rings is 1. The van der Waals surface area contributed by atoms with Gasteiger partial charge in [-0.3, -0.25) is 4.79 Å². The summed E-state index contributed by atoms with van der Waals surface area (Å²) in [5.74, 6) is 0.331. The summed E-state index contributed by atoms with van der Waals surface area (Å²) in [4.78, 5) is 15.5. The number of hydrogen-bond acceptors (Lipinski definition) is 3. The van der Waals surface area contributed by atoms with Gasteiger partial charge in [-0.1, -0.05) is 48.5 Å². The highest BCUT2D eigenvalue weighted by atomic mass is 16.2. The van der Waals surface area contributed by atoms with E-state index in [0.717, 1.165) is 37.1 Å². The zero-order valence-corrected chi connectivity index (χ0v) is 14.8. The maximum Gasteiger partial charge on any atom is 0.229 e. The topological polar surface area (TPSA) is 56.1 Å². The second-order valence-corrected chi connectivity index (χ2v) is 7.33. The lowest BCUT2D eigenvalue weighted by molar-refractivity contribution is -0.138. The second-order valence-electron chi connectivity index (χ2n) is 7.33. The number of hydrogen-bond donors (Lipinski definition) is 1. The van der Waals surface area contributed by atoms with Crippen molar-refractivity contribution in [2.24, 2.45) is 5.41 Å². The average Bonchev–Trinajstić information content (AvgIpc) is 2.95. The smallest absolute Gasteiger partial charge is 0.229 e. The molecule has 4 heteroatoms. The van der Waals surface area contributed by atoms with E-state index in [1.807, 2.05) is 47.4 Å². The minimum atomic E-state index is -0.382. The standard InChI is InChI=1S/C22H23N3O/c23-14-18-8-4-5-9-19(18)20-16-25(15-17-6-2-1-3-7-17)21(26)22(20)10-12-24-13-11-22/h1-9,20,24H,10-13,15-16H2. The van der Waals surface area contributed by atoms with Crippen molar-refractivity contribution < 1.29 is 4.79 Å². The Morgan fingerprint density at radius 3 is 2.50 bits per heavy atom. The van der Waals surface area contributed by atoms with E-state index < -0.39 is 0 Å². The Hall–Kier alpha value is -2.64. The van der Waals surface area contributed by atoms with E-state index in [-0.39, 0.29) is 17.2 Å². The summed E-state index contributed by atoms with van der Waals surface area (Å²) in [5.41, 5.74) is 2.50. The molecule has 2 aromatic carbocycles. The van der Waals surface area contributed by atoms with Crippen LogP contribution in [0.1, 0.15) is 35.4 Å². The van der Waals surface area contributed by atoms with Crippen LogP contribution in [-0.2, 0) is 11.3 Å². The molecule has 132 valence electrons. The van der Waals surface area contributed by atoms with Crippen LogP contribution in [-0.4, -0.2) is 30.4 Å². The third kappa shape index (κ3) is 2.79. The molecule has 0 aliphatic carbocycles. The maximum atomic E-state index is 13.5. The Bertz CT molecular complexity index is 834. The van der Waals surface area contributed by atoms with Gasteiger partial charge in [-0.2, -0.15) is 5.26 Å². The first-order valence-corrected chi connectivity index (χ1v) is 9.28. The molecule has 0 aromatic heterocycles. The fourth-order valence-corrected chi connectivity index (χ4v) is 4.62. The molecule has 0 bridgehead atoms. The quantitative estimate of drug-likeness (QED) is 0.930. The summed E-state index contributed by atoms with van der Waals surface area (Å²) >= 11 is 0. The van der Waals surface area contributed by atoms with Crippen molar-refractivity contribution in [2.75, 3.05) is 19.6 Å². The van der Waals surface area contributed by atoms with Crippen molar-refractivity contribution in [1.82, 2.24) is 10.2 Å². The van der Waals surface area contributed by atoms with Gasteiger partial charge in [-0.15, -0.1) is 0 Å². The Morgan fingerprint density at radius 2 is 1.77 bits per heavy atom. The normalized spacial score (nSPS) is 21.7. The molecule has 2 aliphatic rings. The molecule has 2 saturated heterocycles. The van der Waals surface area contributed by atoms with E-state index in [1.165, 1.54) is 0 Å². The SMILES string of the molecule is N#Cc1ccccc1C1CN(Cc2ccccc2)C(=O)C12CCNCC2. The number of amides is 1. The van der Waals surface area contributed by atoms with Gasteiger partial charge in [0.25, 0.3) is 0 Å². The summed E-state index contributed by atoms with van der Waals surface area (Å²) in [6.45, 7) is 3.04. The molecular weight excluding hydrogens is 322 g/mol. The van der Waals surface area contributed by atoms with E-state index in [4.69, 9.17) is 0 Å². The van der Waals surface area contributed by atoms with Gasteiger partial charge in [0.15, 0.2) is 0 Å². The van der Waals surface area contributed by atoms with Gasteiger partial charge in [0.2, 0.25) is 5.91 Å². The number of benzene rings is 2. The molecule has 2 fully saturated rings. The van der Waals surface area contributed by atoms with Crippen LogP contribution in [0, 0.1) is 16.7 Å². The van der Waals surface area contributed by atoms with Crippen molar-refractivity contribution in [3.05, 3.63) is 71.3 Å². The number of rotatable bonds is 3. The molecule has 2 aliphatic heterocycles. The highest BCUT2D eigenvalue weighted by molar-refractivity contribution is 5.87. The maximum absolute atomic E-state index is 13.5. The summed E-state index contributed by atoms with van der Waals surface area (Å²) in [6.07, 6.45) is 1.67. The third-order valence-corrected chi connectivity index (χ3v) is 5.95. The van der Waals surface area contributed by atoms with Gasteiger partial charge in [0, 0.05) is 19.0 Å². The molecule has 0 saturated carbocycles. The zero-order valence-electron chi connectivity index (χ0n) is 14.8. The van der Waals surface area contributed by atoms with Crippen LogP contribution in [0.4, 0.5) is 0 Å². The minimum absolute atomic E-state index is 0.0802. The lowest BCUT2D eigenvalue weighted by Gasteiger charge is -2.37. The van der Waals surface area contributed by atoms with E-state index in [0.29, 0.717) is 18.7 Å². The number of nitrogens with zero attached hydrogens (tertiary/aromatic N) is 2. The van der Waals surface area contributed by atoms with Crippen LogP contribution in [0.3, 0.4) is 0 Å². The number of likely N-dealkylation sites (tertiary alicyclic amines) is 1. The van der Waals surface area contributed by atoms with Crippen LogP contribution in [0.5, 0.6) is 0 Å². The van der Waals surface area contributed by atoms with Crippen molar-refractivity contribution in [1.29, 1.82) is 5.26 Å². The van der Waals surface area contributed by atoms with Gasteiger partial charge in [0.1, 0.15) is 0 Å². The van der Waals surface area contributed by atoms with Gasteiger partial charge in [0.05, 0.1) is 17.0 Å². The van der Waals surface area contributed by atoms with Crippen LogP contribution in [0.15, 0.2) is 54.6 Å². The molecule has 1 amide bonds. The fourth-order valence-electron chi connectivity index (χ4n) is 4.62. The first kappa shape index (κ1) is 16.8. The van der Waals surface area contributed by atoms with Gasteiger partial charge in [-0.25, -0.2) is 0 Å². The van der Waals surface area contributed by atoms with Crippen molar-refractivity contribution in [2.45, 2.75) is 25.3 Å². The fraction of sp³-hybridized carbons (Fsp3) is 0.364. The molecule has 2 heterocycles. The Morgan fingerprint density at radius 1 is 1.08 bits per heavy atom. The second kappa shape index (κ2) is 6.93. The zero-order chi connectivity index (χ0) is 18.0. The van der Waals surface area contributed by atoms with Crippen molar-refractivity contribution in [3.63, 3.8) is 0 Å². The lowest BCUT2D eigenvalue weighted by atomic mass is 9.67. The molecule has 1 N–H and O–H groups in total. The summed E-state index contributed by atoms with van der Waals surface area (Å²) in [7, 11) is 0. The van der Waals surface area contributed by atoms with Gasteiger partial charge in [-0.05, 0) is 43.1 Å². The van der Waals surface area contributed by atoms with Crippen molar-refractivity contribution >= 4 is 5.91 Å². The molecule has 4 nitrogen and oxygen atoms in total. The number of nitriles is 1. The van der Waals surface area contributed by atoms with Crippen LogP contribution in [0.25, 0.3) is 0 Å². The van der Waals surface area contributed by atoms with E-state index in [2.05, 4.69) is 23.5 Å². The van der Waals surface area contributed by atoms with Crippen molar-refractivity contribution in [3.8, 4) is 6.07 Å². The molecule has 1 atom stereocenters. The largest absolute Gasteiger partial charge is 0.337 e. The predicted octanol–water partition coefficient (Wildman–Crippen LogP) is 3.05. The lowest BCUT2D eigenvalue weighted by Crippen LogP contribution is -2.44. The van der Waals surface area contributed by atoms with Crippen LogP contribution >= 0.6 is 0 Å².